The maximum Gasteiger partial charge on any atom is 0.410 e. The molecule has 0 radical (unpaired) electrons. The van der Waals surface area contributed by atoms with Crippen molar-refractivity contribution in [3.63, 3.8) is 0 Å². The minimum atomic E-state index is -0.563. The summed E-state index contributed by atoms with van der Waals surface area (Å²) in [7, 11) is 0. The summed E-state index contributed by atoms with van der Waals surface area (Å²) >= 11 is 1.38. The normalized spacial score (nSPS) is 15.3. The number of hydrogen-bond donors (Lipinski definition) is 1. The van der Waals surface area contributed by atoms with E-state index < -0.39 is 5.60 Å². The van der Waals surface area contributed by atoms with Crippen molar-refractivity contribution >= 4 is 28.3 Å². The van der Waals surface area contributed by atoms with E-state index in [-0.39, 0.29) is 23.8 Å². The van der Waals surface area contributed by atoms with Gasteiger partial charge in [0.25, 0.3) is 0 Å². The van der Waals surface area contributed by atoms with E-state index in [1.54, 1.807) is 4.90 Å². The summed E-state index contributed by atoms with van der Waals surface area (Å²) in [6.07, 6.45) is 1.07. The van der Waals surface area contributed by atoms with Gasteiger partial charge in [-0.15, -0.1) is 11.3 Å². The Labute approximate surface area is 194 Å². The minimum Gasteiger partial charge on any atom is -0.444 e. The lowest BCUT2D eigenvalue weighted by atomic mass is 9.85. The first kappa shape index (κ1) is 23.8. The smallest absolute Gasteiger partial charge is 0.410 e. The first-order chi connectivity index (χ1) is 15.1. The van der Waals surface area contributed by atoms with Crippen LogP contribution in [0.4, 0.5) is 9.80 Å². The number of anilines is 1. The summed E-state index contributed by atoms with van der Waals surface area (Å²) in [6.45, 7) is 10.5. The molecular weight excluding hydrogens is 422 g/mol. The average molecular weight is 454 g/mol. The van der Waals surface area contributed by atoms with Gasteiger partial charge in [-0.3, -0.25) is 4.79 Å². The van der Waals surface area contributed by atoms with Gasteiger partial charge < -0.3 is 15.0 Å². The van der Waals surface area contributed by atoms with E-state index in [0.29, 0.717) is 30.1 Å². The molecule has 2 aromatic rings. The van der Waals surface area contributed by atoms with Crippen LogP contribution in [0, 0.1) is 17.2 Å². The van der Waals surface area contributed by atoms with E-state index in [1.807, 2.05) is 51.1 Å². The van der Waals surface area contributed by atoms with Crippen molar-refractivity contribution in [2.75, 3.05) is 11.9 Å². The zero-order chi connectivity index (χ0) is 23.5. The molecule has 0 saturated heterocycles. The van der Waals surface area contributed by atoms with Gasteiger partial charge in [-0.25, -0.2) is 4.79 Å². The number of ether oxygens (including phenoxy) is 1. The molecule has 1 aliphatic heterocycles. The van der Waals surface area contributed by atoms with E-state index in [0.717, 1.165) is 22.4 Å². The number of nitrogens with one attached hydrogen (secondary N) is 1. The topological polar surface area (TPSA) is 82.4 Å². The quantitative estimate of drug-likeness (QED) is 0.631. The predicted molar refractivity (Wildman–Crippen MR) is 127 cm³/mol. The number of hydrogen-bond acceptors (Lipinski definition) is 5. The summed E-state index contributed by atoms with van der Waals surface area (Å²) in [5.74, 6) is -0.255. The van der Waals surface area contributed by atoms with Crippen LogP contribution in [0.25, 0.3) is 0 Å². The highest BCUT2D eigenvalue weighted by molar-refractivity contribution is 7.16. The standard InChI is InChI=1S/C25H31N3O3S/c1-6-16(2)21(17-10-8-7-9-11-17)22(29)27-23-19(14-26)18-12-13-28(15-20(18)32-23)24(30)31-25(3,4)5/h7-11,16,21H,6,12-13,15H2,1-5H3,(H,27,29). The molecule has 32 heavy (non-hydrogen) atoms. The Hall–Kier alpha value is -2.85. The molecule has 3 rings (SSSR count). The molecule has 1 aliphatic rings. The molecule has 7 heteroatoms. The molecule has 0 aliphatic carbocycles. The van der Waals surface area contributed by atoms with Gasteiger partial charge in [0.05, 0.1) is 18.0 Å². The Morgan fingerprint density at radius 3 is 2.56 bits per heavy atom. The third-order valence-corrected chi connectivity index (χ3v) is 6.84. The molecule has 2 heterocycles. The second kappa shape index (κ2) is 9.74. The van der Waals surface area contributed by atoms with E-state index >= 15 is 0 Å². The Kier molecular flexibility index (Phi) is 7.25. The van der Waals surface area contributed by atoms with E-state index in [9.17, 15) is 14.9 Å². The van der Waals surface area contributed by atoms with Crippen molar-refractivity contribution in [3.8, 4) is 6.07 Å². The number of carbonyl (C=O) groups is 2. The van der Waals surface area contributed by atoms with Crippen LogP contribution in [0.15, 0.2) is 30.3 Å². The van der Waals surface area contributed by atoms with Crippen LogP contribution in [-0.2, 0) is 22.5 Å². The zero-order valence-corrected chi connectivity index (χ0v) is 20.2. The number of thiophene rings is 1. The number of nitrogens with zero attached hydrogens (tertiary/aromatic N) is 2. The molecule has 0 saturated carbocycles. The molecule has 170 valence electrons. The minimum absolute atomic E-state index is 0.107. The SMILES string of the molecule is CCC(C)C(C(=O)Nc1sc2c(c1C#N)CCN(C(=O)OC(C)(C)C)C2)c1ccccc1. The molecule has 0 bridgehead atoms. The lowest BCUT2D eigenvalue weighted by molar-refractivity contribution is -0.118. The van der Waals surface area contributed by atoms with Gasteiger partial charge in [-0.2, -0.15) is 5.26 Å². The Balaban J connectivity index is 1.83. The fourth-order valence-electron chi connectivity index (χ4n) is 3.92. The number of benzene rings is 1. The first-order valence-corrected chi connectivity index (χ1v) is 11.8. The fraction of sp³-hybridized carbons (Fsp3) is 0.480. The average Bonchev–Trinajstić information content (AvgIpc) is 3.09. The number of nitriles is 1. The highest BCUT2D eigenvalue weighted by Gasteiger charge is 2.32. The van der Waals surface area contributed by atoms with Crippen molar-refractivity contribution < 1.29 is 14.3 Å². The molecular formula is C25H31N3O3S. The van der Waals surface area contributed by atoms with Crippen molar-refractivity contribution in [1.29, 1.82) is 5.26 Å². The van der Waals surface area contributed by atoms with Crippen LogP contribution < -0.4 is 5.32 Å². The summed E-state index contributed by atoms with van der Waals surface area (Å²) in [5, 5.41) is 13.4. The summed E-state index contributed by atoms with van der Waals surface area (Å²) in [4.78, 5) is 28.4. The molecule has 2 amide bonds. The van der Waals surface area contributed by atoms with Crippen molar-refractivity contribution in [3.05, 3.63) is 51.9 Å². The van der Waals surface area contributed by atoms with Crippen LogP contribution in [0.1, 0.15) is 68.5 Å². The van der Waals surface area contributed by atoms with E-state index in [1.165, 1.54) is 11.3 Å². The second-order valence-corrected chi connectivity index (χ2v) is 10.3. The maximum atomic E-state index is 13.3. The van der Waals surface area contributed by atoms with Crippen LogP contribution in [0.3, 0.4) is 0 Å². The molecule has 1 aromatic carbocycles. The predicted octanol–water partition coefficient (Wildman–Crippen LogP) is 5.68. The van der Waals surface area contributed by atoms with Gasteiger partial charge in [0, 0.05) is 11.4 Å². The molecule has 0 spiro atoms. The molecule has 0 fully saturated rings. The number of carbonyl (C=O) groups excluding carboxylic acids is 2. The van der Waals surface area contributed by atoms with Crippen LogP contribution in [-0.4, -0.2) is 29.0 Å². The second-order valence-electron chi connectivity index (χ2n) is 9.23. The van der Waals surface area contributed by atoms with Crippen LogP contribution >= 0.6 is 11.3 Å². The van der Waals surface area contributed by atoms with Crippen molar-refractivity contribution in [1.82, 2.24) is 4.90 Å². The van der Waals surface area contributed by atoms with Gasteiger partial charge in [0.2, 0.25) is 5.91 Å². The fourth-order valence-corrected chi connectivity index (χ4v) is 5.13. The largest absolute Gasteiger partial charge is 0.444 e. The van der Waals surface area contributed by atoms with E-state index in [2.05, 4.69) is 25.2 Å². The summed E-state index contributed by atoms with van der Waals surface area (Å²) in [5.41, 5.74) is 1.84. The van der Waals surface area contributed by atoms with Crippen molar-refractivity contribution in [2.45, 2.75) is 65.5 Å². The summed E-state index contributed by atoms with van der Waals surface area (Å²) < 4.78 is 5.50. The summed E-state index contributed by atoms with van der Waals surface area (Å²) in [6, 6.07) is 12.0. The Morgan fingerprint density at radius 1 is 1.28 bits per heavy atom. The third kappa shape index (κ3) is 5.31. The van der Waals surface area contributed by atoms with E-state index in [4.69, 9.17) is 4.74 Å². The molecule has 1 aromatic heterocycles. The number of rotatable bonds is 5. The Bertz CT molecular complexity index is 1020. The van der Waals surface area contributed by atoms with Gasteiger partial charge in [0.1, 0.15) is 16.7 Å². The molecule has 1 N–H and O–H groups in total. The van der Waals surface area contributed by atoms with Gasteiger partial charge in [-0.1, -0.05) is 50.6 Å². The zero-order valence-electron chi connectivity index (χ0n) is 19.4. The lowest BCUT2D eigenvalue weighted by Crippen LogP contribution is -2.39. The maximum absolute atomic E-state index is 13.3. The highest BCUT2D eigenvalue weighted by atomic mass is 32.1. The van der Waals surface area contributed by atoms with Crippen LogP contribution in [0.2, 0.25) is 0 Å². The third-order valence-electron chi connectivity index (χ3n) is 5.71. The molecule has 2 atom stereocenters. The molecule has 2 unspecified atom stereocenters. The van der Waals surface area contributed by atoms with Gasteiger partial charge >= 0.3 is 6.09 Å². The highest BCUT2D eigenvalue weighted by Crippen LogP contribution is 2.38. The Morgan fingerprint density at radius 2 is 1.97 bits per heavy atom. The van der Waals surface area contributed by atoms with Crippen molar-refractivity contribution in [2.24, 2.45) is 5.92 Å². The number of amides is 2. The first-order valence-electron chi connectivity index (χ1n) is 11.0. The molecule has 6 nitrogen and oxygen atoms in total. The van der Waals surface area contributed by atoms with Crippen LogP contribution in [0.5, 0.6) is 0 Å². The van der Waals surface area contributed by atoms with Gasteiger partial charge in [0.15, 0.2) is 0 Å². The number of fused-ring (bicyclic) bond motifs is 1. The van der Waals surface area contributed by atoms with Gasteiger partial charge in [-0.05, 0) is 44.2 Å². The monoisotopic (exact) mass is 453 g/mol. The lowest BCUT2D eigenvalue weighted by Gasteiger charge is -2.29.